The van der Waals surface area contributed by atoms with E-state index in [1.54, 1.807) is 22.7 Å². The molecule has 41 heavy (non-hydrogen) atoms. The van der Waals surface area contributed by atoms with Gasteiger partial charge in [0.05, 0.1) is 45.4 Å². The first kappa shape index (κ1) is 27.6. The minimum Gasteiger partial charge on any atom is -0.461 e. The zero-order chi connectivity index (χ0) is 28.7. The van der Waals surface area contributed by atoms with Crippen LogP contribution < -0.4 is 0 Å². The highest BCUT2D eigenvalue weighted by atomic mass is 32.1. The molecule has 0 aliphatic heterocycles. The number of aryl methyl sites for hydroxylation is 2. The van der Waals surface area contributed by atoms with Crippen molar-refractivity contribution >= 4 is 77.8 Å². The van der Waals surface area contributed by atoms with Crippen LogP contribution in [0.5, 0.6) is 0 Å². The molecule has 0 atom stereocenters. The summed E-state index contributed by atoms with van der Waals surface area (Å²) in [7, 11) is 0. The third-order valence-corrected chi connectivity index (χ3v) is 9.73. The lowest BCUT2D eigenvalue weighted by Crippen LogP contribution is -2.12. The molecule has 0 radical (unpaired) electrons. The highest BCUT2D eigenvalue weighted by Gasteiger charge is 2.23. The van der Waals surface area contributed by atoms with Gasteiger partial charge in [-0.2, -0.15) is 8.75 Å². The van der Waals surface area contributed by atoms with Crippen molar-refractivity contribution in [1.82, 2.24) is 17.9 Å². The van der Waals surface area contributed by atoms with Crippen LogP contribution in [0.25, 0.3) is 52.3 Å². The van der Waals surface area contributed by atoms with E-state index in [2.05, 4.69) is 47.2 Å². The van der Waals surface area contributed by atoms with E-state index < -0.39 is 0 Å². The first-order valence-corrected chi connectivity index (χ1v) is 16.2. The van der Waals surface area contributed by atoms with Crippen molar-refractivity contribution in [2.75, 3.05) is 13.2 Å². The molecule has 0 spiro atoms. The number of fused-ring (bicyclic) bond motifs is 3. The number of rotatable bonds is 10. The van der Waals surface area contributed by atoms with Crippen molar-refractivity contribution in [2.24, 2.45) is 0 Å². The number of thiophene rings is 2. The molecular weight excluding hydrogens is 577 g/mol. The Morgan fingerprint density at radius 1 is 0.707 bits per heavy atom. The van der Waals surface area contributed by atoms with Crippen LogP contribution in [0.15, 0.2) is 36.4 Å². The average Bonchev–Trinajstić information content (AvgIpc) is 3.76. The summed E-state index contributed by atoms with van der Waals surface area (Å²) in [6, 6.07) is 12.4. The predicted molar refractivity (Wildman–Crippen MR) is 168 cm³/mol. The van der Waals surface area contributed by atoms with E-state index >= 15 is 0 Å². The highest BCUT2D eigenvalue weighted by Crippen LogP contribution is 2.43. The van der Waals surface area contributed by atoms with Gasteiger partial charge < -0.3 is 18.6 Å². The second-order valence-corrected chi connectivity index (χ2v) is 12.3. The zero-order valence-electron chi connectivity index (χ0n) is 23.4. The largest absolute Gasteiger partial charge is 0.461 e. The molecule has 6 rings (SSSR count). The predicted octanol–water partition coefficient (Wildman–Crippen LogP) is 8.23. The SMILES string of the molecule is CCCn1c(C(=O)OCC)cc2sc(-c3ccc(-c4cc5c(cc(C(=O)OCC)n5CCC)s4)c4nsnc34)cc21. The van der Waals surface area contributed by atoms with E-state index in [1.807, 2.05) is 26.0 Å². The zero-order valence-corrected chi connectivity index (χ0v) is 25.8. The molecule has 0 saturated heterocycles. The van der Waals surface area contributed by atoms with Crippen LogP contribution in [0.3, 0.4) is 0 Å². The highest BCUT2D eigenvalue weighted by molar-refractivity contribution is 7.22. The van der Waals surface area contributed by atoms with Crippen LogP contribution in [0.2, 0.25) is 0 Å². The van der Waals surface area contributed by atoms with Gasteiger partial charge in [-0.25, -0.2) is 9.59 Å². The number of benzene rings is 1. The van der Waals surface area contributed by atoms with Crippen LogP contribution in [0.4, 0.5) is 0 Å². The molecule has 1 aromatic carbocycles. The Labute approximate surface area is 249 Å². The number of hydrogen-bond donors (Lipinski definition) is 0. The van der Waals surface area contributed by atoms with Crippen LogP contribution in [0.1, 0.15) is 61.5 Å². The maximum Gasteiger partial charge on any atom is 0.355 e. The molecule has 0 aliphatic rings. The number of carbonyl (C=O) groups excluding carboxylic acids is 2. The van der Waals surface area contributed by atoms with E-state index in [-0.39, 0.29) is 11.9 Å². The van der Waals surface area contributed by atoms with Gasteiger partial charge in [-0.05, 0) is 51.0 Å². The molecule has 0 amide bonds. The summed E-state index contributed by atoms with van der Waals surface area (Å²) in [5, 5.41) is 0. The van der Waals surface area contributed by atoms with E-state index in [0.29, 0.717) is 24.6 Å². The molecule has 5 heterocycles. The van der Waals surface area contributed by atoms with Gasteiger partial charge in [0.25, 0.3) is 0 Å². The van der Waals surface area contributed by atoms with Gasteiger partial charge in [-0.1, -0.05) is 26.0 Å². The lowest BCUT2D eigenvalue weighted by atomic mass is 10.1. The van der Waals surface area contributed by atoms with Crippen molar-refractivity contribution in [3.8, 4) is 20.9 Å². The van der Waals surface area contributed by atoms with Gasteiger partial charge in [0, 0.05) is 34.0 Å². The molecular formula is C30H30N4O4S3. The Balaban J connectivity index is 1.42. The number of aromatic nitrogens is 4. The van der Waals surface area contributed by atoms with Gasteiger partial charge >= 0.3 is 11.9 Å². The number of nitrogens with zero attached hydrogens (tertiary/aromatic N) is 4. The third kappa shape index (κ3) is 4.75. The summed E-state index contributed by atoms with van der Waals surface area (Å²) in [4.78, 5) is 27.3. The molecule has 0 bridgehead atoms. The van der Waals surface area contributed by atoms with Gasteiger partial charge in [-0.15, -0.1) is 22.7 Å². The van der Waals surface area contributed by atoms with Gasteiger partial charge in [0.1, 0.15) is 22.4 Å². The first-order valence-electron chi connectivity index (χ1n) is 13.8. The van der Waals surface area contributed by atoms with E-state index in [9.17, 15) is 9.59 Å². The molecule has 0 N–H and O–H groups in total. The maximum absolute atomic E-state index is 12.6. The minimum absolute atomic E-state index is 0.286. The summed E-state index contributed by atoms with van der Waals surface area (Å²) in [5.41, 5.74) is 7.05. The molecule has 11 heteroatoms. The number of ether oxygens (including phenoxy) is 2. The van der Waals surface area contributed by atoms with E-state index in [4.69, 9.17) is 18.2 Å². The van der Waals surface area contributed by atoms with Crippen LogP contribution in [-0.4, -0.2) is 43.0 Å². The first-order chi connectivity index (χ1) is 20.0. The molecule has 0 fully saturated rings. The minimum atomic E-state index is -0.286. The topological polar surface area (TPSA) is 88.2 Å². The summed E-state index contributed by atoms with van der Waals surface area (Å²) in [6.45, 7) is 10.0. The Morgan fingerprint density at radius 2 is 1.15 bits per heavy atom. The van der Waals surface area contributed by atoms with E-state index in [0.717, 1.165) is 78.3 Å². The Bertz CT molecular complexity index is 1770. The monoisotopic (exact) mass is 606 g/mol. The fourth-order valence-electron chi connectivity index (χ4n) is 5.29. The molecule has 5 aromatic heterocycles. The van der Waals surface area contributed by atoms with Gasteiger partial charge in [0.15, 0.2) is 0 Å². The summed E-state index contributed by atoms with van der Waals surface area (Å²) in [6.07, 6.45) is 1.82. The molecule has 8 nitrogen and oxygen atoms in total. The number of carbonyl (C=O) groups is 2. The summed E-state index contributed by atoms with van der Waals surface area (Å²) < 4.78 is 26.2. The van der Waals surface area contributed by atoms with Crippen molar-refractivity contribution in [3.05, 3.63) is 47.8 Å². The third-order valence-electron chi connectivity index (χ3n) is 6.99. The Kier molecular flexibility index (Phi) is 7.67. The normalized spacial score (nSPS) is 11.7. The lowest BCUT2D eigenvalue weighted by molar-refractivity contribution is 0.0505. The Hall–Kier alpha value is -3.54. The number of hydrogen-bond acceptors (Lipinski definition) is 9. The lowest BCUT2D eigenvalue weighted by Gasteiger charge is -2.08. The fraction of sp³-hybridized carbons (Fsp3) is 0.333. The summed E-state index contributed by atoms with van der Waals surface area (Å²) in [5.74, 6) is -0.572. The van der Waals surface area contributed by atoms with Crippen molar-refractivity contribution in [1.29, 1.82) is 0 Å². The van der Waals surface area contributed by atoms with Crippen LogP contribution >= 0.6 is 34.4 Å². The molecule has 212 valence electrons. The average molecular weight is 607 g/mol. The molecule has 0 saturated carbocycles. The fourth-order valence-corrected chi connectivity index (χ4v) is 8.12. The van der Waals surface area contributed by atoms with Gasteiger partial charge in [0.2, 0.25) is 0 Å². The van der Waals surface area contributed by atoms with Crippen molar-refractivity contribution < 1.29 is 19.1 Å². The molecule has 0 unspecified atom stereocenters. The molecule has 0 aliphatic carbocycles. The van der Waals surface area contributed by atoms with Gasteiger partial charge in [-0.3, -0.25) is 0 Å². The Morgan fingerprint density at radius 3 is 1.54 bits per heavy atom. The quantitative estimate of drug-likeness (QED) is 0.146. The molecule has 6 aromatic rings. The number of esters is 2. The standard InChI is InChI=1S/C30H30N4O4S3/c1-5-11-33-19-13-23(39-25(19)15-21(33)29(35)37-7-3)17-9-10-18(28-27(17)31-41-32-28)24-14-20-26(40-24)16-22(30(36)38-8-4)34(20)12-6-2/h9-10,13-16H,5-8,11-12H2,1-4H3. The van der Waals surface area contributed by atoms with Crippen molar-refractivity contribution in [3.63, 3.8) is 0 Å². The smallest absolute Gasteiger partial charge is 0.355 e. The van der Waals surface area contributed by atoms with Crippen LogP contribution in [0, 0.1) is 0 Å². The second kappa shape index (κ2) is 11.4. The van der Waals surface area contributed by atoms with Crippen LogP contribution in [-0.2, 0) is 22.6 Å². The van der Waals surface area contributed by atoms with Crippen molar-refractivity contribution in [2.45, 2.75) is 53.6 Å². The maximum atomic E-state index is 12.6. The summed E-state index contributed by atoms with van der Waals surface area (Å²) >= 11 is 4.51. The second-order valence-electron chi connectivity index (χ2n) is 9.65. The van der Waals surface area contributed by atoms with E-state index in [1.165, 1.54) is 11.7 Å².